The Morgan fingerprint density at radius 2 is 1.00 bits per heavy atom. The van der Waals surface area contributed by atoms with E-state index < -0.39 is 0 Å². The molecule has 2 aromatic heterocycles. The van der Waals surface area contributed by atoms with Crippen molar-refractivity contribution in [2.75, 3.05) is 0 Å². The van der Waals surface area contributed by atoms with E-state index in [1.807, 2.05) is 17.4 Å². The van der Waals surface area contributed by atoms with Crippen LogP contribution in [0.5, 0.6) is 0 Å². The van der Waals surface area contributed by atoms with Crippen LogP contribution in [0.25, 0.3) is 97.0 Å². The largest absolute Gasteiger partial charge is 0.456 e. The number of hydrogen-bond acceptors (Lipinski definition) is 2. The van der Waals surface area contributed by atoms with Crippen LogP contribution in [0, 0.1) is 0 Å². The second kappa shape index (κ2) is 9.90. The van der Waals surface area contributed by atoms with Gasteiger partial charge in [-0.15, -0.1) is 11.3 Å². The van der Waals surface area contributed by atoms with Crippen molar-refractivity contribution in [1.29, 1.82) is 0 Å². The average molecular weight is 603 g/mol. The number of benzene rings is 8. The molecule has 2 heterocycles. The van der Waals surface area contributed by atoms with Gasteiger partial charge in [0.05, 0.1) is 0 Å². The average Bonchev–Trinajstić information content (AvgIpc) is 3.69. The minimum atomic E-state index is 0.908. The maximum absolute atomic E-state index is 6.35. The minimum absolute atomic E-state index is 0.908. The van der Waals surface area contributed by atoms with Crippen LogP contribution in [0.4, 0.5) is 0 Å². The third-order valence-corrected chi connectivity index (χ3v) is 10.6. The standard InChI is InChI=1S/C44H26OS/c1-2-12-28(13-3-1)39-23-30-25-42-38(26-40(30)45-39)32-22-21-29(24-41(32)46-42)43-34-16-6-8-18-36(34)44(37-19-9-7-17-35(37)43)33-20-10-14-27-11-4-5-15-31(27)33/h1-26H. The summed E-state index contributed by atoms with van der Waals surface area (Å²) in [6, 6.07) is 57.2. The highest BCUT2D eigenvalue weighted by atomic mass is 32.1. The van der Waals surface area contributed by atoms with Crippen molar-refractivity contribution in [3.8, 4) is 33.6 Å². The SMILES string of the molecule is c1ccc(-c2cc3cc4sc5cc(-c6c7ccccc7c(-c7cccc8ccccc78)c7ccccc67)ccc5c4cc3o2)cc1. The molecule has 46 heavy (non-hydrogen) atoms. The van der Waals surface area contributed by atoms with Crippen LogP contribution in [0.15, 0.2) is 162 Å². The van der Waals surface area contributed by atoms with Crippen LogP contribution in [0.2, 0.25) is 0 Å². The molecule has 214 valence electrons. The smallest absolute Gasteiger partial charge is 0.135 e. The fourth-order valence-corrected chi connectivity index (χ4v) is 8.56. The molecule has 0 aliphatic heterocycles. The zero-order chi connectivity index (χ0) is 30.2. The van der Waals surface area contributed by atoms with Crippen LogP contribution >= 0.6 is 11.3 Å². The summed E-state index contributed by atoms with van der Waals surface area (Å²) in [4.78, 5) is 0. The first kappa shape index (κ1) is 25.6. The van der Waals surface area contributed by atoms with Crippen molar-refractivity contribution in [3.05, 3.63) is 158 Å². The normalized spacial score (nSPS) is 11.9. The van der Waals surface area contributed by atoms with Gasteiger partial charge in [0, 0.05) is 31.1 Å². The zero-order valence-corrected chi connectivity index (χ0v) is 25.6. The van der Waals surface area contributed by atoms with Gasteiger partial charge in [-0.2, -0.15) is 0 Å². The lowest BCUT2D eigenvalue weighted by atomic mass is 9.84. The summed E-state index contributed by atoms with van der Waals surface area (Å²) in [7, 11) is 0. The fraction of sp³-hybridized carbons (Fsp3) is 0. The van der Waals surface area contributed by atoms with E-state index in [2.05, 4.69) is 152 Å². The van der Waals surface area contributed by atoms with Crippen LogP contribution in [0.3, 0.4) is 0 Å². The second-order valence-electron chi connectivity index (χ2n) is 12.0. The molecule has 0 aliphatic carbocycles. The molecule has 0 spiro atoms. The number of furan rings is 1. The van der Waals surface area contributed by atoms with Gasteiger partial charge in [0.15, 0.2) is 0 Å². The Kier molecular flexibility index (Phi) is 5.51. The van der Waals surface area contributed by atoms with Crippen molar-refractivity contribution in [2.45, 2.75) is 0 Å². The van der Waals surface area contributed by atoms with E-state index in [1.165, 1.54) is 74.7 Å². The Balaban J connectivity index is 1.20. The summed E-state index contributed by atoms with van der Waals surface area (Å²) in [5.74, 6) is 0.908. The van der Waals surface area contributed by atoms with Crippen LogP contribution in [-0.2, 0) is 0 Å². The summed E-state index contributed by atoms with van der Waals surface area (Å²) in [6.45, 7) is 0. The summed E-state index contributed by atoms with van der Waals surface area (Å²) < 4.78 is 8.91. The fourth-order valence-electron chi connectivity index (χ4n) is 7.38. The Morgan fingerprint density at radius 1 is 0.370 bits per heavy atom. The van der Waals surface area contributed by atoms with E-state index >= 15 is 0 Å². The maximum atomic E-state index is 6.35. The third-order valence-electron chi connectivity index (χ3n) is 9.45. The predicted molar refractivity (Wildman–Crippen MR) is 198 cm³/mol. The minimum Gasteiger partial charge on any atom is -0.456 e. The van der Waals surface area contributed by atoms with Gasteiger partial charge in [0.25, 0.3) is 0 Å². The number of rotatable bonds is 3. The molecule has 0 bridgehead atoms. The van der Waals surface area contributed by atoms with Gasteiger partial charge in [-0.05, 0) is 78.8 Å². The number of hydrogen-bond donors (Lipinski definition) is 0. The van der Waals surface area contributed by atoms with Crippen LogP contribution in [-0.4, -0.2) is 0 Å². The second-order valence-corrected chi connectivity index (χ2v) is 13.1. The third kappa shape index (κ3) is 3.81. The highest BCUT2D eigenvalue weighted by molar-refractivity contribution is 7.25. The summed E-state index contributed by atoms with van der Waals surface area (Å²) in [6.07, 6.45) is 0. The Hall–Kier alpha value is -5.70. The van der Waals surface area contributed by atoms with E-state index in [1.54, 1.807) is 0 Å². The number of thiophene rings is 1. The Bertz CT molecular complexity index is 2740. The molecule has 0 aliphatic rings. The number of fused-ring (bicyclic) bond motifs is 7. The first-order valence-electron chi connectivity index (χ1n) is 15.7. The van der Waals surface area contributed by atoms with Crippen molar-refractivity contribution in [2.24, 2.45) is 0 Å². The highest BCUT2D eigenvalue weighted by Gasteiger charge is 2.19. The lowest BCUT2D eigenvalue weighted by Crippen LogP contribution is -1.91. The van der Waals surface area contributed by atoms with Crippen LogP contribution in [0.1, 0.15) is 0 Å². The first-order valence-corrected chi connectivity index (χ1v) is 16.5. The van der Waals surface area contributed by atoms with Crippen molar-refractivity contribution in [1.82, 2.24) is 0 Å². The van der Waals surface area contributed by atoms with Gasteiger partial charge in [-0.3, -0.25) is 0 Å². The first-order chi connectivity index (χ1) is 22.8. The topological polar surface area (TPSA) is 13.1 Å². The Morgan fingerprint density at radius 3 is 1.76 bits per heavy atom. The molecule has 8 aromatic carbocycles. The molecule has 2 heteroatoms. The molecule has 10 aromatic rings. The van der Waals surface area contributed by atoms with E-state index in [0.29, 0.717) is 0 Å². The molecule has 10 rings (SSSR count). The molecular formula is C44H26OS. The Labute approximate surface area is 269 Å². The zero-order valence-electron chi connectivity index (χ0n) is 24.8. The van der Waals surface area contributed by atoms with E-state index in [9.17, 15) is 0 Å². The quantitative estimate of drug-likeness (QED) is 0.183. The molecule has 0 unspecified atom stereocenters. The summed E-state index contributed by atoms with van der Waals surface area (Å²) in [5, 5.41) is 11.3. The van der Waals surface area contributed by atoms with Crippen molar-refractivity contribution >= 4 is 74.8 Å². The molecule has 0 N–H and O–H groups in total. The van der Waals surface area contributed by atoms with E-state index in [0.717, 1.165) is 22.3 Å². The van der Waals surface area contributed by atoms with Gasteiger partial charge in [-0.1, -0.05) is 133 Å². The molecule has 0 saturated heterocycles. The molecule has 0 saturated carbocycles. The molecule has 0 radical (unpaired) electrons. The lowest BCUT2D eigenvalue weighted by Gasteiger charge is -2.18. The molecule has 1 nitrogen and oxygen atoms in total. The van der Waals surface area contributed by atoms with E-state index in [-0.39, 0.29) is 0 Å². The van der Waals surface area contributed by atoms with Gasteiger partial charge in [-0.25, -0.2) is 0 Å². The highest BCUT2D eigenvalue weighted by Crippen LogP contribution is 2.47. The van der Waals surface area contributed by atoms with Gasteiger partial charge in [0.1, 0.15) is 11.3 Å². The van der Waals surface area contributed by atoms with Crippen molar-refractivity contribution < 1.29 is 4.42 Å². The van der Waals surface area contributed by atoms with Gasteiger partial charge in [0.2, 0.25) is 0 Å². The monoisotopic (exact) mass is 602 g/mol. The molecule has 0 atom stereocenters. The van der Waals surface area contributed by atoms with Crippen LogP contribution < -0.4 is 0 Å². The lowest BCUT2D eigenvalue weighted by molar-refractivity contribution is 0.632. The summed E-state index contributed by atoms with van der Waals surface area (Å²) in [5.41, 5.74) is 7.13. The summed E-state index contributed by atoms with van der Waals surface area (Å²) >= 11 is 1.86. The molecule has 0 fully saturated rings. The molecule has 0 amide bonds. The van der Waals surface area contributed by atoms with Gasteiger partial charge >= 0.3 is 0 Å². The maximum Gasteiger partial charge on any atom is 0.135 e. The molecular weight excluding hydrogens is 577 g/mol. The van der Waals surface area contributed by atoms with Crippen molar-refractivity contribution in [3.63, 3.8) is 0 Å². The predicted octanol–water partition coefficient (Wildman–Crippen LogP) is 13.3. The van der Waals surface area contributed by atoms with Gasteiger partial charge < -0.3 is 4.42 Å². The van der Waals surface area contributed by atoms with E-state index in [4.69, 9.17) is 4.42 Å².